The molecule has 3 rings (SSSR count). The molecule has 1 heterocycles. The lowest BCUT2D eigenvalue weighted by Crippen LogP contribution is -2.45. The molecule has 2 aromatic rings. The summed E-state index contributed by atoms with van der Waals surface area (Å²) in [6, 6.07) is 9.54. The molecule has 1 N–H and O–H groups in total. The van der Waals surface area contributed by atoms with Crippen LogP contribution in [0.1, 0.15) is 53.3 Å². The van der Waals surface area contributed by atoms with E-state index < -0.39 is 23.3 Å². The van der Waals surface area contributed by atoms with E-state index in [1.165, 1.54) is 0 Å². The van der Waals surface area contributed by atoms with E-state index in [1.807, 2.05) is 0 Å². The molecule has 0 radical (unpaired) electrons. The number of likely N-dealkylation sites (tertiary alicyclic amines) is 1. The Morgan fingerprint density at radius 2 is 1.76 bits per heavy atom. The molecule has 33 heavy (non-hydrogen) atoms. The number of nitrogens with zero attached hydrogens (tertiary/aromatic N) is 1. The topological polar surface area (TPSA) is 75.7 Å². The van der Waals surface area contributed by atoms with E-state index in [1.54, 1.807) is 29.2 Å². The fourth-order valence-corrected chi connectivity index (χ4v) is 3.70. The first-order chi connectivity index (χ1) is 15.9. The van der Waals surface area contributed by atoms with Crippen molar-refractivity contribution in [3.63, 3.8) is 0 Å². The number of nitrogens with one attached hydrogen (secondary N) is 1. The van der Waals surface area contributed by atoms with E-state index in [9.17, 15) is 23.2 Å². The Kier molecular flexibility index (Phi) is 8.52. The Balaban J connectivity index is 1.45. The van der Waals surface area contributed by atoms with Crippen molar-refractivity contribution in [1.29, 1.82) is 0 Å². The molecule has 1 aliphatic rings. The molecule has 0 aliphatic carbocycles. The Bertz CT molecular complexity index is 986. The number of unbranched alkanes of at least 4 members (excludes halogenated alkanes) is 1. The average Bonchev–Trinajstić information content (AvgIpc) is 2.84. The van der Waals surface area contributed by atoms with E-state index in [-0.39, 0.29) is 23.9 Å². The van der Waals surface area contributed by atoms with Crippen molar-refractivity contribution in [2.24, 2.45) is 5.92 Å². The number of piperidine rings is 1. The molecule has 0 saturated carbocycles. The lowest BCUT2D eigenvalue weighted by Gasteiger charge is -2.31. The first-order valence-electron chi connectivity index (χ1n) is 11.2. The summed E-state index contributed by atoms with van der Waals surface area (Å²) < 4.78 is 32.8. The fourth-order valence-electron chi connectivity index (χ4n) is 3.70. The standard InChI is InChI=1S/C25H28F2N2O4/c1-2-3-14-33-20-7-4-18(5-8-20)25(32)28-16-23(30)29-12-10-17(11-13-29)24(31)21-15-19(26)6-9-22(21)27/h4-9,15,17H,2-3,10-14,16H2,1H3,(H,28,32). The molecular formula is C25H28F2N2O4. The summed E-state index contributed by atoms with van der Waals surface area (Å²) >= 11 is 0. The van der Waals surface area contributed by atoms with Gasteiger partial charge in [-0.25, -0.2) is 8.78 Å². The molecule has 0 atom stereocenters. The number of amides is 2. The maximum absolute atomic E-state index is 13.9. The highest BCUT2D eigenvalue weighted by Gasteiger charge is 2.29. The molecule has 1 saturated heterocycles. The zero-order valence-corrected chi connectivity index (χ0v) is 18.6. The van der Waals surface area contributed by atoms with Gasteiger partial charge in [-0.15, -0.1) is 0 Å². The van der Waals surface area contributed by atoms with Crippen molar-refractivity contribution in [1.82, 2.24) is 10.2 Å². The first-order valence-corrected chi connectivity index (χ1v) is 11.2. The summed E-state index contributed by atoms with van der Waals surface area (Å²) in [5.41, 5.74) is 0.167. The van der Waals surface area contributed by atoms with Crippen LogP contribution in [0.5, 0.6) is 5.75 Å². The molecule has 0 spiro atoms. The predicted octanol–water partition coefficient (Wildman–Crippen LogP) is 4.00. The van der Waals surface area contributed by atoms with Gasteiger partial charge in [-0.2, -0.15) is 0 Å². The minimum absolute atomic E-state index is 0.162. The van der Waals surface area contributed by atoms with Gasteiger partial charge in [0.1, 0.15) is 17.4 Å². The normalized spacial score (nSPS) is 14.1. The highest BCUT2D eigenvalue weighted by Crippen LogP contribution is 2.24. The molecular weight excluding hydrogens is 430 g/mol. The SMILES string of the molecule is CCCCOc1ccc(C(=O)NCC(=O)N2CCC(C(=O)c3cc(F)ccc3F)CC2)cc1. The van der Waals surface area contributed by atoms with Gasteiger partial charge in [0, 0.05) is 24.6 Å². The molecule has 2 aromatic carbocycles. The van der Waals surface area contributed by atoms with E-state index in [2.05, 4.69) is 12.2 Å². The van der Waals surface area contributed by atoms with Crippen LogP contribution in [0.4, 0.5) is 8.78 Å². The van der Waals surface area contributed by atoms with Crippen LogP contribution in [-0.4, -0.2) is 48.7 Å². The Morgan fingerprint density at radius 3 is 2.42 bits per heavy atom. The van der Waals surface area contributed by atoms with E-state index in [0.29, 0.717) is 43.9 Å². The summed E-state index contributed by atoms with van der Waals surface area (Å²) in [7, 11) is 0. The number of ether oxygens (including phenoxy) is 1. The smallest absolute Gasteiger partial charge is 0.251 e. The first kappa shape index (κ1) is 24.4. The highest BCUT2D eigenvalue weighted by atomic mass is 19.1. The molecule has 0 bridgehead atoms. The number of carbonyl (C=O) groups excluding carboxylic acids is 3. The van der Waals surface area contributed by atoms with Crippen molar-refractivity contribution in [2.45, 2.75) is 32.6 Å². The molecule has 176 valence electrons. The van der Waals surface area contributed by atoms with Gasteiger partial charge in [0.2, 0.25) is 5.91 Å². The van der Waals surface area contributed by atoms with Crippen LogP contribution >= 0.6 is 0 Å². The van der Waals surface area contributed by atoms with Gasteiger partial charge in [0.05, 0.1) is 18.7 Å². The number of rotatable bonds is 9. The van der Waals surface area contributed by atoms with Gasteiger partial charge in [-0.1, -0.05) is 13.3 Å². The average molecular weight is 459 g/mol. The minimum Gasteiger partial charge on any atom is -0.494 e. The fraction of sp³-hybridized carbons (Fsp3) is 0.400. The second kappa shape index (κ2) is 11.5. The molecule has 8 heteroatoms. The van der Waals surface area contributed by atoms with Crippen LogP contribution in [0.3, 0.4) is 0 Å². The van der Waals surface area contributed by atoms with Crippen LogP contribution < -0.4 is 10.1 Å². The number of carbonyl (C=O) groups is 3. The maximum Gasteiger partial charge on any atom is 0.251 e. The lowest BCUT2D eigenvalue weighted by atomic mass is 9.88. The molecule has 0 aromatic heterocycles. The Labute approximate surface area is 191 Å². The second-order valence-electron chi connectivity index (χ2n) is 8.05. The number of Topliss-reactive ketones (excluding diaryl/α,β-unsaturated/α-hetero) is 1. The van der Waals surface area contributed by atoms with Crippen LogP contribution in [-0.2, 0) is 4.79 Å². The van der Waals surface area contributed by atoms with Gasteiger partial charge < -0.3 is 15.0 Å². The van der Waals surface area contributed by atoms with Gasteiger partial charge in [0.15, 0.2) is 5.78 Å². The summed E-state index contributed by atoms with van der Waals surface area (Å²) in [6.07, 6.45) is 2.70. The van der Waals surface area contributed by atoms with Gasteiger partial charge >= 0.3 is 0 Å². The molecule has 2 amide bonds. The maximum atomic E-state index is 13.9. The van der Waals surface area contributed by atoms with Gasteiger partial charge in [-0.05, 0) is 61.7 Å². The second-order valence-corrected chi connectivity index (χ2v) is 8.05. The Hall–Kier alpha value is -3.29. The zero-order chi connectivity index (χ0) is 23.8. The van der Waals surface area contributed by atoms with Crippen LogP contribution in [0.2, 0.25) is 0 Å². The quantitative estimate of drug-likeness (QED) is 0.455. The van der Waals surface area contributed by atoms with E-state index >= 15 is 0 Å². The van der Waals surface area contributed by atoms with Crippen molar-refractivity contribution in [3.8, 4) is 5.75 Å². The molecule has 1 aliphatic heterocycles. The number of hydrogen-bond acceptors (Lipinski definition) is 4. The monoisotopic (exact) mass is 458 g/mol. The van der Waals surface area contributed by atoms with Crippen LogP contribution in [0, 0.1) is 17.6 Å². The lowest BCUT2D eigenvalue weighted by molar-refractivity contribution is -0.131. The van der Waals surface area contributed by atoms with Crippen LogP contribution in [0.15, 0.2) is 42.5 Å². The van der Waals surface area contributed by atoms with Crippen molar-refractivity contribution >= 4 is 17.6 Å². The highest BCUT2D eigenvalue weighted by molar-refractivity contribution is 5.98. The zero-order valence-electron chi connectivity index (χ0n) is 18.6. The third-order valence-corrected chi connectivity index (χ3v) is 5.70. The van der Waals surface area contributed by atoms with Crippen molar-refractivity contribution in [3.05, 3.63) is 65.2 Å². The summed E-state index contributed by atoms with van der Waals surface area (Å²) in [4.78, 5) is 38.9. The molecule has 6 nitrogen and oxygen atoms in total. The third-order valence-electron chi connectivity index (χ3n) is 5.70. The largest absolute Gasteiger partial charge is 0.494 e. The molecule has 0 unspecified atom stereocenters. The number of ketones is 1. The molecule has 1 fully saturated rings. The van der Waals surface area contributed by atoms with E-state index in [0.717, 1.165) is 31.0 Å². The van der Waals surface area contributed by atoms with E-state index in [4.69, 9.17) is 4.74 Å². The number of hydrogen-bond donors (Lipinski definition) is 1. The summed E-state index contributed by atoms with van der Waals surface area (Å²) in [5.74, 6) is -2.27. The number of benzene rings is 2. The Morgan fingerprint density at radius 1 is 1.06 bits per heavy atom. The summed E-state index contributed by atoms with van der Waals surface area (Å²) in [6.45, 7) is 3.16. The number of halogens is 2. The third kappa shape index (κ3) is 6.60. The van der Waals surface area contributed by atoms with Crippen molar-refractivity contribution in [2.75, 3.05) is 26.2 Å². The van der Waals surface area contributed by atoms with Crippen molar-refractivity contribution < 1.29 is 27.9 Å². The minimum atomic E-state index is -0.747. The van der Waals surface area contributed by atoms with Gasteiger partial charge in [0.25, 0.3) is 5.91 Å². The summed E-state index contributed by atoms with van der Waals surface area (Å²) in [5, 5.41) is 2.61. The predicted molar refractivity (Wildman–Crippen MR) is 119 cm³/mol. The van der Waals surface area contributed by atoms with Crippen LogP contribution in [0.25, 0.3) is 0 Å². The van der Waals surface area contributed by atoms with Gasteiger partial charge in [-0.3, -0.25) is 14.4 Å².